The van der Waals surface area contributed by atoms with E-state index < -0.39 is 7.14 Å². The van der Waals surface area contributed by atoms with Gasteiger partial charge in [-0.1, -0.05) is 84.9 Å². The lowest BCUT2D eigenvalue weighted by atomic mass is 10.2. The van der Waals surface area contributed by atoms with Crippen LogP contribution in [-0.4, -0.2) is 6.29 Å². The summed E-state index contributed by atoms with van der Waals surface area (Å²) in [6, 6.07) is 25.9. The molecule has 0 fully saturated rings. The molecule has 0 bridgehead atoms. The Labute approximate surface area is 129 Å². The second-order valence-corrected chi connectivity index (χ2v) is 7.76. The van der Waals surface area contributed by atoms with Gasteiger partial charge in [0.25, 0.3) is 0 Å². The lowest BCUT2D eigenvalue weighted by Crippen LogP contribution is -2.24. The molecule has 3 aromatic rings. The molecule has 0 aromatic heterocycles. The summed E-state index contributed by atoms with van der Waals surface area (Å²) in [6.07, 6.45) is 0.791. The molecule has 0 atom stereocenters. The van der Waals surface area contributed by atoms with E-state index in [0.29, 0.717) is 5.56 Å². The first-order valence-electron chi connectivity index (χ1n) is 7.02. The minimum atomic E-state index is -2.92. The fraction of sp³-hybridized carbons (Fsp3) is 0. The van der Waals surface area contributed by atoms with Gasteiger partial charge in [0.2, 0.25) is 0 Å². The van der Waals surface area contributed by atoms with Crippen molar-refractivity contribution in [3.8, 4) is 0 Å². The van der Waals surface area contributed by atoms with Gasteiger partial charge in [-0.3, -0.25) is 4.79 Å². The molecule has 0 saturated carbocycles. The highest BCUT2D eigenvalue weighted by Crippen LogP contribution is 2.42. The molecule has 108 valence electrons. The highest BCUT2D eigenvalue weighted by Gasteiger charge is 2.29. The maximum Gasteiger partial charge on any atom is 0.171 e. The van der Waals surface area contributed by atoms with Gasteiger partial charge >= 0.3 is 0 Å². The Balaban J connectivity index is 2.23. The minimum Gasteiger partial charge on any atom is -0.309 e. The fourth-order valence-corrected chi connectivity index (χ4v) is 5.13. The van der Waals surface area contributed by atoms with E-state index in [1.807, 2.05) is 60.7 Å². The summed E-state index contributed by atoms with van der Waals surface area (Å²) in [7, 11) is -2.92. The van der Waals surface area contributed by atoms with E-state index in [1.165, 1.54) is 0 Å². The van der Waals surface area contributed by atoms with Gasteiger partial charge in [-0.05, 0) is 0 Å². The van der Waals surface area contributed by atoms with E-state index in [2.05, 4.69) is 0 Å². The first-order chi connectivity index (χ1) is 10.7. The third kappa shape index (κ3) is 2.54. The Morgan fingerprint density at radius 1 is 0.591 bits per heavy atom. The van der Waals surface area contributed by atoms with Crippen LogP contribution in [0.4, 0.5) is 0 Å². The Kier molecular flexibility index (Phi) is 4.04. The Morgan fingerprint density at radius 3 is 1.41 bits per heavy atom. The van der Waals surface area contributed by atoms with E-state index in [1.54, 1.807) is 24.3 Å². The zero-order valence-corrected chi connectivity index (χ0v) is 12.8. The zero-order valence-electron chi connectivity index (χ0n) is 11.9. The van der Waals surface area contributed by atoms with Crippen molar-refractivity contribution < 1.29 is 9.36 Å². The van der Waals surface area contributed by atoms with Crippen molar-refractivity contribution in [2.45, 2.75) is 0 Å². The van der Waals surface area contributed by atoms with Crippen LogP contribution < -0.4 is 15.9 Å². The number of benzene rings is 3. The number of carbonyl (C=O) groups excluding carboxylic acids is 1. The van der Waals surface area contributed by atoms with Crippen LogP contribution in [0.3, 0.4) is 0 Å². The van der Waals surface area contributed by atoms with Gasteiger partial charge in [-0.15, -0.1) is 0 Å². The van der Waals surface area contributed by atoms with Crippen molar-refractivity contribution in [2.24, 2.45) is 0 Å². The average Bonchev–Trinajstić information content (AvgIpc) is 2.62. The maximum absolute atomic E-state index is 13.9. The van der Waals surface area contributed by atoms with Crippen LogP contribution in [0, 0.1) is 0 Å². The zero-order chi connectivity index (χ0) is 15.4. The Morgan fingerprint density at radius 2 is 1.00 bits per heavy atom. The highest BCUT2D eigenvalue weighted by atomic mass is 31.2. The van der Waals surface area contributed by atoms with E-state index >= 15 is 0 Å². The van der Waals surface area contributed by atoms with Crippen LogP contribution >= 0.6 is 7.14 Å². The predicted molar refractivity (Wildman–Crippen MR) is 91.2 cm³/mol. The van der Waals surface area contributed by atoms with Gasteiger partial charge < -0.3 is 4.57 Å². The molecule has 0 radical (unpaired) electrons. The van der Waals surface area contributed by atoms with Crippen LogP contribution in [0.25, 0.3) is 0 Å². The summed E-state index contributed by atoms with van der Waals surface area (Å²) in [6.45, 7) is 0. The van der Waals surface area contributed by atoms with E-state index in [0.717, 1.165) is 22.2 Å². The summed E-state index contributed by atoms with van der Waals surface area (Å²) in [5.41, 5.74) is 0.580. The molecular weight excluding hydrogens is 291 g/mol. The Hall–Kier alpha value is -2.44. The normalized spacial score (nSPS) is 11.1. The molecule has 0 spiro atoms. The second kappa shape index (κ2) is 6.13. The van der Waals surface area contributed by atoms with E-state index in [4.69, 9.17) is 0 Å². The third-order valence-electron chi connectivity index (χ3n) is 3.63. The molecule has 0 N–H and O–H groups in total. The van der Waals surface area contributed by atoms with Crippen molar-refractivity contribution in [1.29, 1.82) is 0 Å². The van der Waals surface area contributed by atoms with Gasteiger partial charge in [-0.25, -0.2) is 0 Å². The topological polar surface area (TPSA) is 34.1 Å². The van der Waals surface area contributed by atoms with Crippen molar-refractivity contribution >= 4 is 29.3 Å². The molecule has 3 rings (SSSR count). The quantitative estimate of drug-likeness (QED) is 0.548. The number of carbonyl (C=O) groups is 1. The fourth-order valence-electron chi connectivity index (χ4n) is 2.49. The number of hydrogen-bond donors (Lipinski definition) is 0. The van der Waals surface area contributed by atoms with Gasteiger partial charge in [0.05, 0.1) is 0 Å². The molecule has 0 saturated heterocycles. The van der Waals surface area contributed by atoms with Crippen LogP contribution in [-0.2, 0) is 4.57 Å². The van der Waals surface area contributed by atoms with Gasteiger partial charge in [0, 0.05) is 21.5 Å². The lowest BCUT2D eigenvalue weighted by Gasteiger charge is -2.19. The monoisotopic (exact) mass is 306 g/mol. The third-order valence-corrected chi connectivity index (χ3v) is 6.71. The second-order valence-electron chi connectivity index (χ2n) is 4.99. The molecule has 3 heteroatoms. The van der Waals surface area contributed by atoms with Crippen LogP contribution in [0.1, 0.15) is 10.4 Å². The first-order valence-corrected chi connectivity index (χ1v) is 8.73. The van der Waals surface area contributed by atoms with E-state index in [-0.39, 0.29) is 0 Å². The average molecular weight is 306 g/mol. The summed E-state index contributed by atoms with van der Waals surface area (Å²) in [4.78, 5) is 10.8. The van der Waals surface area contributed by atoms with Crippen LogP contribution in [0.15, 0.2) is 84.9 Å². The van der Waals surface area contributed by atoms with Crippen molar-refractivity contribution in [1.82, 2.24) is 0 Å². The van der Waals surface area contributed by atoms with Gasteiger partial charge in [-0.2, -0.15) is 0 Å². The molecule has 0 aliphatic carbocycles. The summed E-state index contributed by atoms with van der Waals surface area (Å²) in [5, 5.41) is 2.32. The summed E-state index contributed by atoms with van der Waals surface area (Å²) in [5.74, 6) is 0. The molecule has 2 nitrogen and oxygen atoms in total. The predicted octanol–water partition coefficient (Wildman–Crippen LogP) is 3.14. The largest absolute Gasteiger partial charge is 0.309 e. The van der Waals surface area contributed by atoms with E-state index in [9.17, 15) is 9.36 Å². The molecule has 3 aromatic carbocycles. The Bertz CT molecular complexity index is 766. The molecular formula is C19H15O2P. The SMILES string of the molecule is O=Cc1ccc(P(=O)(c2ccccc2)c2ccccc2)cc1. The molecule has 0 heterocycles. The first kappa shape index (κ1) is 14.5. The number of aldehydes is 1. The van der Waals surface area contributed by atoms with Crippen molar-refractivity contribution in [2.75, 3.05) is 0 Å². The van der Waals surface area contributed by atoms with Gasteiger partial charge in [0.1, 0.15) is 6.29 Å². The van der Waals surface area contributed by atoms with Crippen LogP contribution in [0.5, 0.6) is 0 Å². The molecule has 0 aliphatic rings. The summed E-state index contributed by atoms with van der Waals surface area (Å²) >= 11 is 0. The maximum atomic E-state index is 13.9. The minimum absolute atomic E-state index is 0.580. The molecule has 0 amide bonds. The molecule has 0 aliphatic heterocycles. The smallest absolute Gasteiger partial charge is 0.171 e. The summed E-state index contributed by atoms with van der Waals surface area (Å²) < 4.78 is 13.9. The van der Waals surface area contributed by atoms with Crippen molar-refractivity contribution in [3.63, 3.8) is 0 Å². The van der Waals surface area contributed by atoms with Crippen LogP contribution in [0.2, 0.25) is 0 Å². The standard InChI is InChI=1S/C19H15O2P/c20-15-16-11-13-19(14-12-16)22(21,17-7-3-1-4-8-17)18-9-5-2-6-10-18/h1-15H. The van der Waals surface area contributed by atoms with Gasteiger partial charge in [0.15, 0.2) is 7.14 Å². The molecule has 0 unspecified atom stereocenters. The number of hydrogen-bond acceptors (Lipinski definition) is 2. The molecule has 22 heavy (non-hydrogen) atoms. The van der Waals surface area contributed by atoms with Crippen molar-refractivity contribution in [3.05, 3.63) is 90.5 Å². The number of rotatable bonds is 4. The lowest BCUT2D eigenvalue weighted by molar-refractivity contribution is 0.112. The highest BCUT2D eigenvalue weighted by molar-refractivity contribution is 7.85.